The number of benzene rings is 3. The topological polar surface area (TPSA) is 84.5 Å². The van der Waals surface area contributed by atoms with Crippen LogP contribution in [0.25, 0.3) is 11.1 Å². The SMILES string of the molecule is CCC(Sc1cccc(NC(=O)c2ccc(C)cc2)c1)C(=O)Nc1scc(-c2ccc(C)cc2)c1C(=O)OC. The van der Waals surface area contributed by atoms with Crippen molar-refractivity contribution >= 4 is 51.6 Å². The van der Waals surface area contributed by atoms with Crippen LogP contribution in [0.2, 0.25) is 0 Å². The lowest BCUT2D eigenvalue weighted by Crippen LogP contribution is -2.25. The highest BCUT2D eigenvalue weighted by Crippen LogP contribution is 2.37. The van der Waals surface area contributed by atoms with Gasteiger partial charge in [-0.1, -0.05) is 60.5 Å². The van der Waals surface area contributed by atoms with Gasteiger partial charge in [0, 0.05) is 27.1 Å². The van der Waals surface area contributed by atoms with Gasteiger partial charge in [0.1, 0.15) is 10.6 Å². The summed E-state index contributed by atoms with van der Waals surface area (Å²) < 4.78 is 5.04. The molecular formula is C31H30N2O4S2. The Morgan fingerprint density at radius 1 is 0.923 bits per heavy atom. The molecule has 1 unspecified atom stereocenters. The Bertz CT molecular complexity index is 1480. The van der Waals surface area contributed by atoms with Crippen molar-refractivity contribution in [3.8, 4) is 11.1 Å². The fourth-order valence-corrected chi connectivity index (χ4v) is 5.91. The number of hydrogen-bond donors (Lipinski definition) is 2. The molecule has 0 radical (unpaired) electrons. The Labute approximate surface area is 236 Å². The maximum atomic E-state index is 13.3. The normalized spacial score (nSPS) is 11.5. The van der Waals surface area contributed by atoms with Crippen LogP contribution in [0.4, 0.5) is 10.7 Å². The molecule has 3 aromatic carbocycles. The lowest BCUT2D eigenvalue weighted by molar-refractivity contribution is -0.115. The Morgan fingerprint density at radius 3 is 2.23 bits per heavy atom. The van der Waals surface area contributed by atoms with Crippen molar-refractivity contribution in [1.29, 1.82) is 0 Å². The van der Waals surface area contributed by atoms with Crippen LogP contribution in [0.5, 0.6) is 0 Å². The second kappa shape index (κ2) is 12.8. The molecule has 0 aliphatic rings. The molecule has 1 heterocycles. The van der Waals surface area contributed by atoms with E-state index in [1.165, 1.54) is 30.2 Å². The van der Waals surface area contributed by atoms with Crippen LogP contribution in [-0.4, -0.2) is 30.1 Å². The third-order valence-electron chi connectivity index (χ3n) is 6.13. The third-order valence-corrected chi connectivity index (χ3v) is 8.38. The van der Waals surface area contributed by atoms with Gasteiger partial charge in [-0.05, 0) is 56.2 Å². The molecule has 2 amide bonds. The van der Waals surface area contributed by atoms with Crippen LogP contribution >= 0.6 is 23.1 Å². The number of ether oxygens (including phenoxy) is 1. The van der Waals surface area contributed by atoms with Crippen LogP contribution < -0.4 is 10.6 Å². The van der Waals surface area contributed by atoms with Gasteiger partial charge in [0.2, 0.25) is 5.91 Å². The van der Waals surface area contributed by atoms with E-state index in [0.29, 0.717) is 28.2 Å². The number of aryl methyl sites for hydroxylation is 2. The second-order valence-corrected chi connectivity index (χ2v) is 11.2. The highest BCUT2D eigenvalue weighted by molar-refractivity contribution is 8.00. The lowest BCUT2D eigenvalue weighted by Gasteiger charge is -2.16. The molecule has 0 saturated carbocycles. The summed E-state index contributed by atoms with van der Waals surface area (Å²) in [5.41, 5.74) is 5.37. The summed E-state index contributed by atoms with van der Waals surface area (Å²) in [6.45, 7) is 5.91. The third kappa shape index (κ3) is 6.96. The Kier molecular flexibility index (Phi) is 9.22. The maximum absolute atomic E-state index is 13.3. The summed E-state index contributed by atoms with van der Waals surface area (Å²) in [6, 6.07) is 22.7. The summed E-state index contributed by atoms with van der Waals surface area (Å²) >= 11 is 2.70. The fraction of sp³-hybridized carbons (Fsp3) is 0.194. The summed E-state index contributed by atoms with van der Waals surface area (Å²) in [7, 11) is 1.33. The molecule has 1 aromatic heterocycles. The average molecular weight is 559 g/mol. The van der Waals surface area contributed by atoms with E-state index in [-0.39, 0.29) is 11.8 Å². The van der Waals surface area contributed by atoms with E-state index in [2.05, 4.69) is 10.6 Å². The van der Waals surface area contributed by atoms with Gasteiger partial charge in [-0.25, -0.2) is 4.79 Å². The molecule has 0 saturated heterocycles. The number of amides is 2. The van der Waals surface area contributed by atoms with E-state index in [4.69, 9.17) is 4.74 Å². The van der Waals surface area contributed by atoms with Crippen LogP contribution in [-0.2, 0) is 9.53 Å². The Hall–Kier alpha value is -3.88. The number of thioether (sulfide) groups is 1. The molecule has 0 bridgehead atoms. The first-order valence-corrected chi connectivity index (χ1v) is 14.3. The fourth-order valence-electron chi connectivity index (χ4n) is 3.93. The molecule has 0 aliphatic carbocycles. The standard InChI is InChI=1S/C31H30N2O4S2/c1-5-26(39-24-8-6-7-23(17-24)32-28(34)22-15-11-20(3)12-16-22)29(35)33-30-27(31(36)37-4)25(18-38-30)21-13-9-19(2)10-14-21/h6-18,26H,5H2,1-4H3,(H,32,34)(H,33,35). The number of nitrogens with one attached hydrogen (secondary N) is 2. The predicted molar refractivity (Wildman–Crippen MR) is 160 cm³/mol. The van der Waals surface area contributed by atoms with Crippen molar-refractivity contribution in [1.82, 2.24) is 0 Å². The van der Waals surface area contributed by atoms with Crippen molar-refractivity contribution < 1.29 is 19.1 Å². The number of rotatable bonds is 9. The highest BCUT2D eigenvalue weighted by Gasteiger charge is 2.25. The zero-order valence-corrected chi connectivity index (χ0v) is 23.9. The van der Waals surface area contributed by atoms with Gasteiger partial charge in [0.15, 0.2) is 0 Å². The summed E-state index contributed by atoms with van der Waals surface area (Å²) in [5, 5.41) is 7.79. The first-order chi connectivity index (χ1) is 18.8. The summed E-state index contributed by atoms with van der Waals surface area (Å²) in [4.78, 5) is 39.5. The summed E-state index contributed by atoms with van der Waals surface area (Å²) in [5.74, 6) is -0.904. The largest absolute Gasteiger partial charge is 0.465 e. The number of carbonyl (C=O) groups is 3. The van der Waals surface area contributed by atoms with Crippen LogP contribution in [0.3, 0.4) is 0 Å². The van der Waals surface area contributed by atoms with Crippen molar-refractivity contribution in [3.05, 3.63) is 100 Å². The van der Waals surface area contributed by atoms with E-state index in [1.807, 2.05) is 86.8 Å². The zero-order chi connectivity index (χ0) is 27.9. The molecule has 1 atom stereocenters. The monoisotopic (exact) mass is 558 g/mol. The molecule has 200 valence electrons. The lowest BCUT2D eigenvalue weighted by atomic mass is 10.0. The molecule has 0 fully saturated rings. The second-order valence-electron chi connectivity index (χ2n) is 9.06. The van der Waals surface area contributed by atoms with Gasteiger partial charge in [-0.15, -0.1) is 23.1 Å². The summed E-state index contributed by atoms with van der Waals surface area (Å²) in [6.07, 6.45) is 0.570. The van der Waals surface area contributed by atoms with E-state index < -0.39 is 11.2 Å². The van der Waals surface area contributed by atoms with Gasteiger partial charge in [0.05, 0.1) is 12.4 Å². The number of methoxy groups -OCH3 is 1. The molecule has 4 rings (SSSR count). The van der Waals surface area contributed by atoms with E-state index >= 15 is 0 Å². The zero-order valence-electron chi connectivity index (χ0n) is 22.2. The van der Waals surface area contributed by atoms with Gasteiger partial charge >= 0.3 is 5.97 Å². The molecule has 6 nitrogen and oxygen atoms in total. The number of anilines is 2. The van der Waals surface area contributed by atoms with E-state index in [0.717, 1.165) is 27.1 Å². The number of hydrogen-bond acceptors (Lipinski definition) is 6. The van der Waals surface area contributed by atoms with Gasteiger partial charge in [-0.2, -0.15) is 0 Å². The maximum Gasteiger partial charge on any atom is 0.341 e. The van der Waals surface area contributed by atoms with Crippen molar-refractivity contribution in [2.24, 2.45) is 0 Å². The quantitative estimate of drug-likeness (QED) is 0.163. The molecule has 0 aliphatic heterocycles. The molecule has 0 spiro atoms. The minimum atomic E-state index is -0.500. The van der Waals surface area contributed by atoms with Gasteiger partial charge < -0.3 is 15.4 Å². The van der Waals surface area contributed by atoms with Crippen molar-refractivity contribution in [3.63, 3.8) is 0 Å². The molecular weight excluding hydrogens is 528 g/mol. The Morgan fingerprint density at radius 2 is 1.59 bits per heavy atom. The highest BCUT2D eigenvalue weighted by atomic mass is 32.2. The smallest absolute Gasteiger partial charge is 0.341 e. The molecule has 4 aromatic rings. The van der Waals surface area contributed by atoms with Crippen LogP contribution in [0, 0.1) is 13.8 Å². The first kappa shape index (κ1) is 28.1. The number of carbonyl (C=O) groups excluding carboxylic acids is 3. The number of thiophene rings is 1. The van der Waals surface area contributed by atoms with Crippen molar-refractivity contribution in [2.45, 2.75) is 37.3 Å². The minimum absolute atomic E-state index is 0.195. The minimum Gasteiger partial charge on any atom is -0.465 e. The predicted octanol–water partition coefficient (Wildman–Crippen LogP) is 7.58. The van der Waals surface area contributed by atoms with Gasteiger partial charge in [0.25, 0.3) is 5.91 Å². The average Bonchev–Trinajstić information content (AvgIpc) is 3.35. The van der Waals surface area contributed by atoms with Crippen LogP contribution in [0.1, 0.15) is 45.2 Å². The Balaban J connectivity index is 1.49. The molecule has 8 heteroatoms. The van der Waals surface area contributed by atoms with Crippen LogP contribution in [0.15, 0.2) is 83.1 Å². The molecule has 2 N–H and O–H groups in total. The first-order valence-electron chi connectivity index (χ1n) is 12.5. The van der Waals surface area contributed by atoms with Gasteiger partial charge in [-0.3, -0.25) is 9.59 Å². The number of esters is 1. The van der Waals surface area contributed by atoms with E-state index in [9.17, 15) is 14.4 Å². The molecule has 39 heavy (non-hydrogen) atoms. The van der Waals surface area contributed by atoms with E-state index in [1.54, 1.807) is 12.1 Å². The van der Waals surface area contributed by atoms with Crippen molar-refractivity contribution in [2.75, 3.05) is 17.7 Å².